The van der Waals surface area contributed by atoms with Crippen molar-refractivity contribution in [3.05, 3.63) is 48.0 Å². The number of benzene rings is 2. The zero-order valence-corrected chi connectivity index (χ0v) is 12.1. The summed E-state index contributed by atoms with van der Waals surface area (Å²) < 4.78 is 17.0. The molecule has 0 radical (unpaired) electrons. The van der Waals surface area contributed by atoms with Crippen LogP contribution in [0.25, 0.3) is 0 Å². The van der Waals surface area contributed by atoms with Crippen molar-refractivity contribution in [1.82, 2.24) is 0 Å². The molecule has 1 heterocycles. The Balaban J connectivity index is 1.92. The van der Waals surface area contributed by atoms with Gasteiger partial charge < -0.3 is 19.2 Å². The van der Waals surface area contributed by atoms with E-state index in [4.69, 9.17) is 14.2 Å². The summed E-state index contributed by atoms with van der Waals surface area (Å²) in [4.78, 5) is 0. The van der Waals surface area contributed by atoms with E-state index in [1.165, 1.54) is 0 Å². The number of methoxy groups -OCH3 is 1. The summed E-state index contributed by atoms with van der Waals surface area (Å²) in [6, 6.07) is 13.3. The van der Waals surface area contributed by atoms with Crippen LogP contribution in [0.2, 0.25) is 6.82 Å². The minimum atomic E-state index is -0.560. The Hall–Kier alpha value is -2.14. The second-order valence-corrected chi connectivity index (χ2v) is 5.08. The maximum atomic E-state index is 9.80. The average molecular weight is 284 g/mol. The van der Waals surface area contributed by atoms with Gasteiger partial charge in [0.2, 0.25) is 0 Å². The largest absolute Gasteiger partial charge is 0.497 e. The zero-order chi connectivity index (χ0) is 14.8. The lowest BCUT2D eigenvalue weighted by Gasteiger charge is -2.27. The van der Waals surface area contributed by atoms with Crippen LogP contribution in [0.4, 0.5) is 0 Å². The zero-order valence-electron chi connectivity index (χ0n) is 12.1. The first-order valence-corrected chi connectivity index (χ1v) is 6.93. The maximum absolute atomic E-state index is 9.80. The standard InChI is InChI=1S/C16H17BO4/c1-17(18)12-7-11(8-13(9-12)19-2)16-10-20-14-5-3-4-6-15(14)21-16/h3-9,16,18H,10H2,1-2H3. The third-order valence-corrected chi connectivity index (χ3v) is 3.55. The molecule has 2 aromatic rings. The molecule has 1 aliphatic rings. The minimum Gasteiger partial charge on any atom is -0.497 e. The summed E-state index contributed by atoms with van der Waals surface area (Å²) in [7, 11) is 1.61. The topological polar surface area (TPSA) is 47.9 Å². The van der Waals surface area contributed by atoms with E-state index < -0.39 is 6.92 Å². The Morgan fingerprint density at radius 1 is 1.19 bits per heavy atom. The molecule has 108 valence electrons. The highest BCUT2D eigenvalue weighted by molar-refractivity contribution is 6.64. The molecule has 1 atom stereocenters. The van der Waals surface area contributed by atoms with E-state index >= 15 is 0 Å². The molecule has 3 rings (SSSR count). The predicted molar refractivity (Wildman–Crippen MR) is 81.8 cm³/mol. The quantitative estimate of drug-likeness (QED) is 0.876. The summed E-state index contributed by atoms with van der Waals surface area (Å²) in [5, 5.41) is 9.80. The maximum Gasteiger partial charge on any atom is 0.320 e. The van der Waals surface area contributed by atoms with Gasteiger partial charge in [0.1, 0.15) is 12.4 Å². The van der Waals surface area contributed by atoms with Crippen LogP contribution >= 0.6 is 0 Å². The lowest BCUT2D eigenvalue weighted by molar-refractivity contribution is 0.0912. The van der Waals surface area contributed by atoms with Crippen LogP contribution < -0.4 is 19.7 Å². The predicted octanol–water partition coefficient (Wildman–Crippen LogP) is 2.03. The van der Waals surface area contributed by atoms with Crippen molar-refractivity contribution < 1.29 is 19.2 Å². The fourth-order valence-electron chi connectivity index (χ4n) is 2.37. The lowest BCUT2D eigenvalue weighted by atomic mass is 9.64. The monoisotopic (exact) mass is 284 g/mol. The summed E-state index contributed by atoms with van der Waals surface area (Å²) in [5.74, 6) is 2.19. The molecule has 0 amide bonds. The Kier molecular flexibility index (Phi) is 3.75. The number of fused-ring (bicyclic) bond motifs is 1. The Morgan fingerprint density at radius 3 is 2.67 bits per heavy atom. The van der Waals surface area contributed by atoms with Gasteiger partial charge in [-0.2, -0.15) is 0 Å². The summed E-state index contributed by atoms with van der Waals surface area (Å²) >= 11 is 0. The molecule has 1 aliphatic heterocycles. The molecule has 1 unspecified atom stereocenters. The number of hydrogen-bond donors (Lipinski definition) is 1. The van der Waals surface area contributed by atoms with Crippen molar-refractivity contribution in [1.29, 1.82) is 0 Å². The third kappa shape index (κ3) is 2.83. The van der Waals surface area contributed by atoms with E-state index in [2.05, 4.69) is 0 Å². The molecule has 4 nitrogen and oxygen atoms in total. The summed E-state index contributed by atoms with van der Waals surface area (Å²) in [6.45, 7) is 1.60. The van der Waals surface area contributed by atoms with Crippen LogP contribution in [0.15, 0.2) is 42.5 Å². The van der Waals surface area contributed by atoms with Crippen LogP contribution in [0.3, 0.4) is 0 Å². The molecule has 0 spiro atoms. The van der Waals surface area contributed by atoms with Crippen molar-refractivity contribution in [2.75, 3.05) is 13.7 Å². The molecule has 0 aliphatic carbocycles. The van der Waals surface area contributed by atoms with Gasteiger partial charge in [0, 0.05) is 0 Å². The highest BCUT2D eigenvalue weighted by Crippen LogP contribution is 2.36. The summed E-state index contributed by atoms with van der Waals surface area (Å²) in [5.41, 5.74) is 1.73. The van der Waals surface area contributed by atoms with Crippen LogP contribution in [0.1, 0.15) is 11.7 Å². The van der Waals surface area contributed by atoms with Gasteiger partial charge in [0.05, 0.1) is 7.11 Å². The van der Waals surface area contributed by atoms with E-state index in [9.17, 15) is 5.02 Å². The SMILES string of the molecule is COc1cc(B(C)O)cc(C2COc3ccccc3O2)c1. The molecule has 0 aromatic heterocycles. The van der Waals surface area contributed by atoms with Crippen molar-refractivity contribution in [3.8, 4) is 17.2 Å². The van der Waals surface area contributed by atoms with Gasteiger partial charge in [-0.05, 0) is 35.3 Å². The molecular weight excluding hydrogens is 267 g/mol. The lowest BCUT2D eigenvalue weighted by Crippen LogP contribution is -2.29. The second-order valence-electron chi connectivity index (χ2n) is 5.08. The van der Waals surface area contributed by atoms with Crippen LogP contribution in [0, 0.1) is 0 Å². The van der Waals surface area contributed by atoms with Gasteiger partial charge >= 0.3 is 6.92 Å². The normalized spacial score (nSPS) is 16.4. The first-order valence-electron chi connectivity index (χ1n) is 6.93. The van der Waals surface area contributed by atoms with E-state index in [-0.39, 0.29) is 6.10 Å². The van der Waals surface area contributed by atoms with Crippen LogP contribution in [0.5, 0.6) is 17.2 Å². The molecule has 5 heteroatoms. The molecular formula is C16H17BO4. The van der Waals surface area contributed by atoms with Gasteiger partial charge in [0.25, 0.3) is 0 Å². The molecule has 0 saturated heterocycles. The Labute approximate surface area is 124 Å². The fourth-order valence-corrected chi connectivity index (χ4v) is 2.37. The Bertz CT molecular complexity index is 642. The average Bonchev–Trinajstić information content (AvgIpc) is 2.53. The van der Waals surface area contributed by atoms with Gasteiger partial charge in [-0.15, -0.1) is 0 Å². The number of rotatable bonds is 3. The van der Waals surface area contributed by atoms with Crippen molar-refractivity contribution >= 4 is 12.4 Å². The van der Waals surface area contributed by atoms with E-state index in [0.717, 1.165) is 22.5 Å². The fraction of sp³-hybridized carbons (Fsp3) is 0.250. The van der Waals surface area contributed by atoms with Crippen molar-refractivity contribution in [2.24, 2.45) is 0 Å². The van der Waals surface area contributed by atoms with Gasteiger partial charge in [-0.25, -0.2) is 0 Å². The highest BCUT2D eigenvalue weighted by atomic mass is 16.6. The molecule has 0 fully saturated rings. The van der Waals surface area contributed by atoms with Crippen LogP contribution in [-0.2, 0) is 0 Å². The second kappa shape index (κ2) is 5.70. The molecule has 0 bridgehead atoms. The summed E-state index contributed by atoms with van der Waals surface area (Å²) in [6.07, 6.45) is -0.215. The molecule has 21 heavy (non-hydrogen) atoms. The van der Waals surface area contributed by atoms with Gasteiger partial charge in [0.15, 0.2) is 17.6 Å². The Morgan fingerprint density at radius 2 is 1.95 bits per heavy atom. The first-order chi connectivity index (χ1) is 10.2. The molecule has 2 aromatic carbocycles. The van der Waals surface area contributed by atoms with E-state index in [1.54, 1.807) is 13.9 Å². The molecule has 1 N–H and O–H groups in total. The first kappa shape index (κ1) is 13.8. The van der Waals surface area contributed by atoms with Crippen LogP contribution in [-0.4, -0.2) is 25.7 Å². The number of para-hydroxylation sites is 2. The smallest absolute Gasteiger partial charge is 0.320 e. The van der Waals surface area contributed by atoms with Gasteiger partial charge in [-0.3, -0.25) is 0 Å². The van der Waals surface area contributed by atoms with Crippen molar-refractivity contribution in [3.63, 3.8) is 0 Å². The van der Waals surface area contributed by atoms with Crippen molar-refractivity contribution in [2.45, 2.75) is 12.9 Å². The molecule has 0 saturated carbocycles. The van der Waals surface area contributed by atoms with E-state index in [1.807, 2.05) is 42.5 Å². The number of hydrogen-bond acceptors (Lipinski definition) is 4. The number of ether oxygens (including phenoxy) is 3. The van der Waals surface area contributed by atoms with Gasteiger partial charge in [-0.1, -0.05) is 25.0 Å². The minimum absolute atomic E-state index is 0.215. The third-order valence-electron chi connectivity index (χ3n) is 3.55. The van der Waals surface area contributed by atoms with E-state index in [0.29, 0.717) is 12.4 Å². The highest BCUT2D eigenvalue weighted by Gasteiger charge is 2.24.